The molecule has 0 aliphatic heterocycles. The van der Waals surface area contributed by atoms with Gasteiger partial charge in [-0.3, -0.25) is 0 Å². The smallest absolute Gasteiger partial charge is 0.126 e. The van der Waals surface area contributed by atoms with Crippen LogP contribution in [0.4, 0.5) is 0 Å². The van der Waals surface area contributed by atoms with Crippen LogP contribution in [0.25, 0.3) is 0 Å². The van der Waals surface area contributed by atoms with E-state index in [4.69, 9.17) is 0 Å². The molecule has 0 aromatic rings. The van der Waals surface area contributed by atoms with Crippen molar-refractivity contribution in [3.8, 4) is 0 Å². The fourth-order valence-corrected chi connectivity index (χ4v) is 3.17. The number of carbonyl (C=O) groups excluding carboxylic acids is 1. The highest BCUT2D eigenvalue weighted by atomic mass is 16.1. The third-order valence-corrected chi connectivity index (χ3v) is 5.63. The van der Waals surface area contributed by atoms with Crippen LogP contribution in [0, 0.1) is 28.6 Å². The van der Waals surface area contributed by atoms with Crippen molar-refractivity contribution in [2.24, 2.45) is 28.6 Å². The van der Waals surface area contributed by atoms with Gasteiger partial charge in [0.15, 0.2) is 0 Å². The summed E-state index contributed by atoms with van der Waals surface area (Å²) in [6, 6.07) is 0. The molecule has 1 aliphatic rings. The van der Waals surface area contributed by atoms with E-state index < -0.39 is 0 Å². The highest BCUT2D eigenvalue weighted by Gasteiger charge is 2.44. The maximum atomic E-state index is 11.3. The van der Waals surface area contributed by atoms with Gasteiger partial charge in [0.25, 0.3) is 0 Å². The lowest BCUT2D eigenvalue weighted by Crippen LogP contribution is -2.42. The Labute approximate surface area is 107 Å². The summed E-state index contributed by atoms with van der Waals surface area (Å²) >= 11 is 0. The summed E-state index contributed by atoms with van der Waals surface area (Å²) in [4.78, 5) is 11.3. The minimum absolute atomic E-state index is 0.113. The zero-order valence-electron chi connectivity index (χ0n) is 12.5. The summed E-state index contributed by atoms with van der Waals surface area (Å²) in [6.07, 6.45) is 6.49. The van der Waals surface area contributed by atoms with Crippen molar-refractivity contribution >= 4 is 6.29 Å². The van der Waals surface area contributed by atoms with E-state index in [0.29, 0.717) is 5.92 Å². The number of rotatable bonds is 4. The van der Waals surface area contributed by atoms with Crippen molar-refractivity contribution in [1.29, 1.82) is 0 Å². The first-order chi connectivity index (χ1) is 7.72. The third-order valence-electron chi connectivity index (χ3n) is 5.63. The standard InChI is InChI=1S/C16H30O/c1-12(2)13-8-7-9-14(10-13)16(5,6)15(3,4)11-17/h11-14H,7-10H2,1-6H3. The van der Waals surface area contributed by atoms with E-state index in [1.54, 1.807) is 0 Å². The maximum Gasteiger partial charge on any atom is 0.126 e. The number of hydrogen-bond acceptors (Lipinski definition) is 1. The SMILES string of the molecule is CC(C)C1CCCC(C(C)(C)C(C)(C)C=O)C1. The van der Waals surface area contributed by atoms with Crippen LogP contribution in [0.1, 0.15) is 67.2 Å². The van der Waals surface area contributed by atoms with Crippen LogP contribution in [-0.2, 0) is 4.79 Å². The van der Waals surface area contributed by atoms with Gasteiger partial charge in [-0.2, -0.15) is 0 Å². The molecule has 17 heavy (non-hydrogen) atoms. The van der Waals surface area contributed by atoms with Crippen molar-refractivity contribution in [3.63, 3.8) is 0 Å². The van der Waals surface area contributed by atoms with Crippen LogP contribution in [-0.4, -0.2) is 6.29 Å². The molecule has 1 saturated carbocycles. The van der Waals surface area contributed by atoms with Gasteiger partial charge in [-0.05, 0) is 36.0 Å². The van der Waals surface area contributed by atoms with Crippen LogP contribution in [0.15, 0.2) is 0 Å². The van der Waals surface area contributed by atoms with Gasteiger partial charge in [0, 0.05) is 5.41 Å². The van der Waals surface area contributed by atoms with Crippen molar-refractivity contribution in [3.05, 3.63) is 0 Å². The first-order valence-electron chi connectivity index (χ1n) is 7.18. The normalized spacial score (nSPS) is 27.2. The number of hydrogen-bond donors (Lipinski definition) is 0. The fourth-order valence-electron chi connectivity index (χ4n) is 3.17. The van der Waals surface area contributed by atoms with Gasteiger partial charge in [0.2, 0.25) is 0 Å². The molecule has 0 saturated heterocycles. The first-order valence-corrected chi connectivity index (χ1v) is 7.18. The highest BCUT2D eigenvalue weighted by Crippen LogP contribution is 2.50. The molecule has 1 fully saturated rings. The molecule has 1 rings (SSSR count). The Balaban J connectivity index is 2.81. The average molecular weight is 238 g/mol. The Kier molecular flexibility index (Phi) is 4.43. The predicted molar refractivity (Wildman–Crippen MR) is 73.9 cm³/mol. The molecule has 0 N–H and O–H groups in total. The molecular formula is C16H30O. The average Bonchev–Trinajstić information content (AvgIpc) is 2.28. The molecule has 0 aromatic heterocycles. The minimum atomic E-state index is -0.212. The van der Waals surface area contributed by atoms with Gasteiger partial charge >= 0.3 is 0 Å². The Hall–Kier alpha value is -0.330. The van der Waals surface area contributed by atoms with Gasteiger partial charge in [-0.25, -0.2) is 0 Å². The van der Waals surface area contributed by atoms with E-state index in [9.17, 15) is 4.79 Å². The van der Waals surface area contributed by atoms with Crippen molar-refractivity contribution < 1.29 is 4.79 Å². The molecule has 2 atom stereocenters. The lowest BCUT2D eigenvalue weighted by atomic mass is 9.56. The van der Waals surface area contributed by atoms with E-state index in [1.165, 1.54) is 25.7 Å². The summed E-state index contributed by atoms with van der Waals surface area (Å²) in [5, 5.41) is 0. The lowest BCUT2D eigenvalue weighted by Gasteiger charge is -2.47. The molecule has 1 nitrogen and oxygen atoms in total. The van der Waals surface area contributed by atoms with E-state index >= 15 is 0 Å². The minimum Gasteiger partial charge on any atom is -0.303 e. The van der Waals surface area contributed by atoms with Gasteiger partial charge in [0.05, 0.1) is 0 Å². The van der Waals surface area contributed by atoms with E-state index in [0.717, 1.165) is 18.1 Å². The summed E-state index contributed by atoms with van der Waals surface area (Å²) in [6.45, 7) is 13.4. The topological polar surface area (TPSA) is 17.1 Å². The second kappa shape index (κ2) is 5.12. The summed E-state index contributed by atoms with van der Waals surface area (Å²) in [7, 11) is 0. The first kappa shape index (κ1) is 14.7. The third kappa shape index (κ3) is 2.92. The van der Waals surface area contributed by atoms with Crippen LogP contribution in [0.2, 0.25) is 0 Å². The molecule has 1 aliphatic carbocycles. The van der Waals surface area contributed by atoms with Gasteiger partial charge in [0.1, 0.15) is 6.29 Å². The zero-order valence-corrected chi connectivity index (χ0v) is 12.5. The molecule has 0 bridgehead atoms. The summed E-state index contributed by atoms with van der Waals surface area (Å²) in [5.74, 6) is 2.34. The molecule has 2 unspecified atom stereocenters. The van der Waals surface area contributed by atoms with E-state index in [2.05, 4.69) is 41.5 Å². The summed E-state index contributed by atoms with van der Waals surface area (Å²) < 4.78 is 0. The quantitative estimate of drug-likeness (QED) is 0.649. The molecule has 0 amide bonds. The fraction of sp³-hybridized carbons (Fsp3) is 0.938. The molecular weight excluding hydrogens is 208 g/mol. The zero-order chi connectivity index (χ0) is 13.3. The van der Waals surface area contributed by atoms with Crippen LogP contribution >= 0.6 is 0 Å². The second-order valence-corrected chi connectivity index (χ2v) is 7.43. The van der Waals surface area contributed by atoms with Crippen molar-refractivity contribution in [2.75, 3.05) is 0 Å². The van der Waals surface area contributed by atoms with Crippen LogP contribution in [0.5, 0.6) is 0 Å². The lowest BCUT2D eigenvalue weighted by molar-refractivity contribution is -0.123. The summed E-state index contributed by atoms with van der Waals surface area (Å²) in [5.41, 5.74) is -0.0984. The Morgan fingerprint density at radius 3 is 2.18 bits per heavy atom. The van der Waals surface area contributed by atoms with Gasteiger partial charge in [-0.15, -0.1) is 0 Å². The maximum absolute atomic E-state index is 11.3. The molecule has 0 radical (unpaired) electrons. The molecule has 0 heterocycles. The second-order valence-electron chi connectivity index (χ2n) is 7.43. The molecule has 0 aromatic carbocycles. The van der Waals surface area contributed by atoms with Gasteiger partial charge in [-0.1, -0.05) is 54.4 Å². The molecule has 0 spiro atoms. The predicted octanol–water partition coefficient (Wildman–Crippen LogP) is 4.70. The van der Waals surface area contributed by atoms with Crippen molar-refractivity contribution in [1.82, 2.24) is 0 Å². The molecule has 1 heteroatoms. The van der Waals surface area contributed by atoms with Crippen molar-refractivity contribution in [2.45, 2.75) is 67.2 Å². The largest absolute Gasteiger partial charge is 0.303 e. The highest BCUT2D eigenvalue weighted by molar-refractivity contribution is 5.59. The van der Waals surface area contributed by atoms with E-state index in [-0.39, 0.29) is 10.8 Å². The van der Waals surface area contributed by atoms with Gasteiger partial charge < -0.3 is 4.79 Å². The Bertz CT molecular complexity index is 263. The van der Waals surface area contributed by atoms with Crippen LogP contribution in [0.3, 0.4) is 0 Å². The monoisotopic (exact) mass is 238 g/mol. The Morgan fingerprint density at radius 1 is 1.12 bits per heavy atom. The van der Waals surface area contributed by atoms with Crippen LogP contribution < -0.4 is 0 Å². The number of aldehydes is 1. The molecule has 100 valence electrons. The number of carbonyl (C=O) groups is 1. The Morgan fingerprint density at radius 2 is 1.71 bits per heavy atom. The van der Waals surface area contributed by atoms with E-state index in [1.807, 2.05) is 0 Å².